The van der Waals surface area contributed by atoms with Crippen LogP contribution in [-0.4, -0.2) is 11.7 Å². The summed E-state index contributed by atoms with van der Waals surface area (Å²) in [5.74, 6) is 0. The molecule has 3 aromatic rings. The van der Waals surface area contributed by atoms with Gasteiger partial charge in [0.2, 0.25) is 0 Å². The van der Waals surface area contributed by atoms with E-state index in [-0.39, 0.29) is 0 Å². The normalized spacial score (nSPS) is 12.0. The molecule has 0 saturated carbocycles. The highest BCUT2D eigenvalue weighted by molar-refractivity contribution is 5.70. The van der Waals surface area contributed by atoms with E-state index in [4.69, 9.17) is 5.11 Å². The minimum absolute atomic E-state index is 1.03. The summed E-state index contributed by atoms with van der Waals surface area (Å²) in [5.41, 5.74) is 10.9. The molecule has 0 amide bonds. The Morgan fingerprint density at radius 2 is 1.21 bits per heavy atom. The van der Waals surface area contributed by atoms with Gasteiger partial charge in [0.15, 0.2) is 13.2 Å². The molecule has 2 nitrogen and oxygen atoms in total. The fourth-order valence-electron chi connectivity index (χ4n) is 6.18. The van der Waals surface area contributed by atoms with Crippen molar-refractivity contribution in [2.45, 2.75) is 130 Å². The van der Waals surface area contributed by atoms with E-state index in [1.54, 1.807) is 11.1 Å². The molecule has 2 heteroatoms. The van der Waals surface area contributed by atoms with Crippen molar-refractivity contribution in [2.24, 2.45) is 5.11 Å². The summed E-state index contributed by atoms with van der Waals surface area (Å²) < 4.78 is 1.98. The van der Waals surface area contributed by atoms with Gasteiger partial charge in [0.1, 0.15) is 5.69 Å². The van der Waals surface area contributed by atoms with E-state index in [1.165, 1.54) is 118 Å². The Kier molecular flexibility index (Phi) is 16.1. The molecular formula is C41H59N2+. The maximum absolute atomic E-state index is 5.04. The molecule has 0 atom stereocenters. The van der Waals surface area contributed by atoms with Crippen LogP contribution in [0, 0.1) is 0 Å². The lowest BCUT2D eigenvalue weighted by molar-refractivity contribution is -0.491. The molecule has 232 valence electrons. The number of hydrogen-bond acceptors (Lipinski definition) is 1. The van der Waals surface area contributed by atoms with Crippen molar-refractivity contribution >= 4 is 11.8 Å². The van der Waals surface area contributed by atoms with E-state index >= 15 is 0 Å². The summed E-state index contributed by atoms with van der Waals surface area (Å²) >= 11 is 0. The molecule has 0 spiro atoms. The fourth-order valence-corrected chi connectivity index (χ4v) is 6.18. The highest BCUT2D eigenvalue weighted by atomic mass is 15.2. The molecule has 0 N–H and O–H groups in total. The van der Waals surface area contributed by atoms with Gasteiger partial charge in [-0.3, -0.25) is 0 Å². The number of nitrogens with zero attached hydrogens (tertiary/aromatic N) is 2. The summed E-state index contributed by atoms with van der Waals surface area (Å²) in [7, 11) is 2.05. The van der Waals surface area contributed by atoms with E-state index < -0.39 is 0 Å². The Bertz CT molecular complexity index is 1270. The third-order valence-corrected chi connectivity index (χ3v) is 8.74. The van der Waals surface area contributed by atoms with E-state index in [0.29, 0.717) is 0 Å². The summed E-state index contributed by atoms with van der Waals surface area (Å²) in [6, 6.07) is 22.3. The molecule has 0 heterocycles. The number of aryl methyl sites for hydroxylation is 3. The summed E-state index contributed by atoms with van der Waals surface area (Å²) in [6.07, 6.45) is 24.9. The monoisotopic (exact) mass is 579 g/mol. The molecule has 0 unspecified atom stereocenters. The van der Waals surface area contributed by atoms with Crippen LogP contribution >= 0.6 is 0 Å². The predicted molar refractivity (Wildman–Crippen MR) is 189 cm³/mol. The molecule has 43 heavy (non-hydrogen) atoms. The molecule has 0 bridgehead atoms. The average molecular weight is 580 g/mol. The van der Waals surface area contributed by atoms with Gasteiger partial charge >= 0.3 is 0 Å². The first kappa shape index (κ1) is 34.5. The second-order valence-electron chi connectivity index (χ2n) is 12.3. The van der Waals surface area contributed by atoms with Crippen LogP contribution < -0.4 is 0 Å². The van der Waals surface area contributed by atoms with Gasteiger partial charge in [-0.1, -0.05) is 139 Å². The van der Waals surface area contributed by atoms with Gasteiger partial charge in [-0.05, 0) is 101 Å². The SMILES string of the molecule is CCCCCCCCc1cc(N=[N+](C)C=Cc2ccc(CC)c(-c3ccccc3)c2)cc(CC)c1CCCCCCCC. The first-order chi connectivity index (χ1) is 21.1. The molecule has 0 saturated heterocycles. The maximum Gasteiger partial charge on any atom is 0.196 e. The standard InChI is InChI=1S/C41H59N2/c1-6-10-12-14-16-19-25-38-33-39(32-36(9-4)40(38)26-22-17-15-13-11-7-2)42-43(5)30-29-34-27-28-35(8-3)41(31-34)37-23-20-18-21-24-37/h18,20-21,23-24,27-33H,6-17,19,22,25-26H2,1-5H3/q+1. The largest absolute Gasteiger partial charge is 0.196 e. The minimum atomic E-state index is 1.03. The molecule has 3 aromatic carbocycles. The second-order valence-corrected chi connectivity index (χ2v) is 12.3. The summed E-state index contributed by atoms with van der Waals surface area (Å²) in [5, 5.41) is 5.04. The van der Waals surface area contributed by atoms with Gasteiger partial charge < -0.3 is 0 Å². The molecule has 0 aromatic heterocycles. The van der Waals surface area contributed by atoms with Crippen molar-refractivity contribution in [3.8, 4) is 11.1 Å². The lowest BCUT2D eigenvalue weighted by Gasteiger charge is -2.15. The third kappa shape index (κ3) is 11.9. The van der Waals surface area contributed by atoms with Gasteiger partial charge in [0.05, 0.1) is 0 Å². The first-order valence-electron chi connectivity index (χ1n) is 17.5. The Hall–Kier alpha value is -3.00. The predicted octanol–water partition coefficient (Wildman–Crippen LogP) is 12.7. The number of rotatable bonds is 20. The smallest absolute Gasteiger partial charge is 0.0934 e. The van der Waals surface area contributed by atoms with E-state index in [1.807, 2.05) is 4.70 Å². The average Bonchev–Trinajstić information content (AvgIpc) is 3.04. The van der Waals surface area contributed by atoms with Crippen molar-refractivity contribution in [1.82, 2.24) is 0 Å². The molecule has 3 rings (SSSR count). The number of unbranched alkanes of at least 4 members (excludes halogenated alkanes) is 10. The zero-order valence-corrected chi connectivity index (χ0v) is 28.1. The fraction of sp³-hybridized carbons (Fsp3) is 0.512. The van der Waals surface area contributed by atoms with Crippen molar-refractivity contribution < 1.29 is 4.70 Å². The lowest BCUT2D eigenvalue weighted by Crippen LogP contribution is -2.02. The van der Waals surface area contributed by atoms with E-state index in [9.17, 15) is 0 Å². The van der Waals surface area contributed by atoms with E-state index in [2.05, 4.69) is 108 Å². The summed E-state index contributed by atoms with van der Waals surface area (Å²) in [6.45, 7) is 9.14. The molecular weight excluding hydrogens is 520 g/mol. The Balaban J connectivity index is 1.79. The molecule has 0 aliphatic heterocycles. The third-order valence-electron chi connectivity index (χ3n) is 8.74. The van der Waals surface area contributed by atoms with Crippen LogP contribution in [0.5, 0.6) is 0 Å². The van der Waals surface area contributed by atoms with Crippen LogP contribution in [0.25, 0.3) is 17.2 Å². The quantitative estimate of drug-likeness (QED) is 0.0718. The Morgan fingerprint density at radius 1 is 0.605 bits per heavy atom. The molecule has 0 aliphatic carbocycles. The highest BCUT2D eigenvalue weighted by Crippen LogP contribution is 2.29. The summed E-state index contributed by atoms with van der Waals surface area (Å²) in [4.78, 5) is 0. The molecule has 0 fully saturated rings. The topological polar surface area (TPSA) is 15.4 Å². The Labute approximate surface area is 264 Å². The number of azo groups is 2. The van der Waals surface area contributed by atoms with Gasteiger partial charge in [-0.2, -0.15) is 0 Å². The van der Waals surface area contributed by atoms with Crippen LogP contribution in [0.2, 0.25) is 0 Å². The zero-order valence-electron chi connectivity index (χ0n) is 28.1. The lowest BCUT2D eigenvalue weighted by atomic mass is 9.90. The molecule has 0 aliphatic rings. The zero-order chi connectivity index (χ0) is 30.7. The number of benzene rings is 3. The van der Waals surface area contributed by atoms with Gasteiger partial charge in [0.25, 0.3) is 0 Å². The van der Waals surface area contributed by atoms with Gasteiger partial charge in [-0.15, -0.1) is 0 Å². The van der Waals surface area contributed by atoms with Crippen molar-refractivity contribution in [2.75, 3.05) is 7.05 Å². The van der Waals surface area contributed by atoms with Crippen LogP contribution in [0.15, 0.2) is 72.0 Å². The van der Waals surface area contributed by atoms with Crippen LogP contribution in [0.3, 0.4) is 0 Å². The minimum Gasteiger partial charge on any atom is -0.0934 e. The van der Waals surface area contributed by atoms with Crippen LogP contribution in [0.1, 0.15) is 133 Å². The molecule has 0 radical (unpaired) electrons. The van der Waals surface area contributed by atoms with Crippen molar-refractivity contribution in [1.29, 1.82) is 0 Å². The Morgan fingerprint density at radius 3 is 1.86 bits per heavy atom. The van der Waals surface area contributed by atoms with Gasteiger partial charge in [-0.25, -0.2) is 0 Å². The first-order valence-corrected chi connectivity index (χ1v) is 17.5. The van der Waals surface area contributed by atoms with Crippen molar-refractivity contribution in [3.63, 3.8) is 0 Å². The highest BCUT2D eigenvalue weighted by Gasteiger charge is 2.12. The maximum atomic E-state index is 5.04. The second kappa shape index (κ2) is 20.0. The van der Waals surface area contributed by atoms with Gasteiger partial charge in [0, 0.05) is 6.08 Å². The van der Waals surface area contributed by atoms with E-state index in [0.717, 1.165) is 18.5 Å². The number of hydrogen-bond donors (Lipinski definition) is 0. The van der Waals surface area contributed by atoms with Crippen LogP contribution in [-0.2, 0) is 25.7 Å². The van der Waals surface area contributed by atoms with Crippen LogP contribution in [0.4, 0.5) is 5.69 Å². The van der Waals surface area contributed by atoms with Crippen molar-refractivity contribution in [3.05, 3.63) is 94.7 Å².